The minimum Gasteiger partial charge on any atom is -0.338 e. The van der Waals surface area contributed by atoms with Crippen LogP contribution in [0.15, 0.2) is 42.7 Å². The standard InChI is InChI=1S/C21H26N4O2/c1-15(26)24-11-7-6-10-18-20(24)12-19(16-8-4-3-5-9-16)25(18)21(27)17-13-22-23(2)14-17/h3-5,8-9,13-14,18-20H,6-7,10-12H2,1-2H3/t18-,19-,20+/m0/s1. The van der Waals surface area contributed by atoms with E-state index in [4.69, 9.17) is 0 Å². The number of hydrogen-bond donors (Lipinski definition) is 0. The molecule has 142 valence electrons. The van der Waals surface area contributed by atoms with Crippen molar-refractivity contribution in [2.75, 3.05) is 6.54 Å². The van der Waals surface area contributed by atoms with Crippen molar-refractivity contribution in [3.63, 3.8) is 0 Å². The van der Waals surface area contributed by atoms with Crippen LogP contribution in [0.3, 0.4) is 0 Å². The maximum atomic E-state index is 13.5. The summed E-state index contributed by atoms with van der Waals surface area (Å²) in [6, 6.07) is 10.3. The predicted molar refractivity (Wildman–Crippen MR) is 102 cm³/mol. The Hall–Kier alpha value is -2.63. The van der Waals surface area contributed by atoms with E-state index in [2.05, 4.69) is 17.2 Å². The molecule has 0 bridgehead atoms. The maximum absolute atomic E-state index is 13.5. The quantitative estimate of drug-likeness (QED) is 0.821. The molecule has 2 saturated heterocycles. The van der Waals surface area contributed by atoms with E-state index in [1.54, 1.807) is 24.0 Å². The first kappa shape index (κ1) is 17.8. The zero-order valence-electron chi connectivity index (χ0n) is 15.9. The topological polar surface area (TPSA) is 58.4 Å². The van der Waals surface area contributed by atoms with Crippen molar-refractivity contribution < 1.29 is 9.59 Å². The van der Waals surface area contributed by atoms with Gasteiger partial charge in [-0.25, -0.2) is 0 Å². The number of amides is 2. The minimum atomic E-state index is -0.0196. The van der Waals surface area contributed by atoms with Gasteiger partial charge in [0.2, 0.25) is 5.91 Å². The minimum absolute atomic E-state index is 0.00913. The Morgan fingerprint density at radius 2 is 1.89 bits per heavy atom. The number of rotatable bonds is 2. The molecule has 1 aromatic heterocycles. The molecule has 2 aliphatic heterocycles. The highest BCUT2D eigenvalue weighted by Crippen LogP contribution is 2.42. The summed E-state index contributed by atoms with van der Waals surface area (Å²) in [5, 5.41) is 4.18. The summed E-state index contributed by atoms with van der Waals surface area (Å²) >= 11 is 0. The number of aromatic nitrogens is 2. The molecule has 0 aliphatic carbocycles. The van der Waals surface area contributed by atoms with Crippen LogP contribution in [0.2, 0.25) is 0 Å². The monoisotopic (exact) mass is 366 g/mol. The van der Waals surface area contributed by atoms with Crippen molar-refractivity contribution in [1.82, 2.24) is 19.6 Å². The number of likely N-dealkylation sites (tertiary alicyclic amines) is 2. The second-order valence-electron chi connectivity index (χ2n) is 7.62. The fraction of sp³-hybridized carbons (Fsp3) is 0.476. The largest absolute Gasteiger partial charge is 0.338 e. The van der Waals surface area contributed by atoms with Crippen LogP contribution in [0, 0.1) is 0 Å². The van der Waals surface area contributed by atoms with Gasteiger partial charge in [0.1, 0.15) is 0 Å². The van der Waals surface area contributed by atoms with Gasteiger partial charge in [0.05, 0.1) is 29.9 Å². The first-order valence-corrected chi connectivity index (χ1v) is 9.69. The van der Waals surface area contributed by atoms with Gasteiger partial charge in [-0.3, -0.25) is 14.3 Å². The van der Waals surface area contributed by atoms with E-state index >= 15 is 0 Å². The van der Waals surface area contributed by atoms with Gasteiger partial charge in [-0.05, 0) is 31.2 Å². The third kappa shape index (κ3) is 3.24. The number of fused-ring (bicyclic) bond motifs is 1. The molecule has 0 radical (unpaired) electrons. The van der Waals surface area contributed by atoms with Gasteiger partial charge in [-0.2, -0.15) is 5.10 Å². The van der Waals surface area contributed by atoms with Gasteiger partial charge in [0.15, 0.2) is 0 Å². The van der Waals surface area contributed by atoms with E-state index in [9.17, 15) is 9.59 Å². The van der Waals surface area contributed by atoms with Gasteiger partial charge in [0, 0.05) is 26.7 Å². The summed E-state index contributed by atoms with van der Waals surface area (Å²) in [5.41, 5.74) is 1.74. The van der Waals surface area contributed by atoms with E-state index < -0.39 is 0 Å². The van der Waals surface area contributed by atoms with Gasteiger partial charge in [-0.1, -0.05) is 30.3 Å². The number of aryl methyl sites for hydroxylation is 1. The Labute approximate surface area is 159 Å². The molecule has 2 amide bonds. The Balaban J connectivity index is 1.75. The van der Waals surface area contributed by atoms with Crippen LogP contribution in [0.1, 0.15) is 54.6 Å². The van der Waals surface area contributed by atoms with Crippen molar-refractivity contribution >= 4 is 11.8 Å². The third-order valence-electron chi connectivity index (χ3n) is 5.93. The van der Waals surface area contributed by atoms with Gasteiger partial charge < -0.3 is 9.80 Å². The maximum Gasteiger partial charge on any atom is 0.257 e. The number of nitrogens with zero attached hydrogens (tertiary/aromatic N) is 4. The van der Waals surface area contributed by atoms with Crippen LogP contribution in [0.5, 0.6) is 0 Å². The highest BCUT2D eigenvalue weighted by molar-refractivity contribution is 5.94. The second-order valence-corrected chi connectivity index (χ2v) is 7.62. The Morgan fingerprint density at radius 3 is 2.56 bits per heavy atom. The van der Waals surface area contributed by atoms with Crippen molar-refractivity contribution in [2.24, 2.45) is 7.05 Å². The molecule has 4 rings (SSSR count). The molecular formula is C21H26N4O2. The summed E-state index contributed by atoms with van der Waals surface area (Å²) in [6.45, 7) is 2.43. The number of carbonyl (C=O) groups is 2. The zero-order chi connectivity index (χ0) is 19.0. The Morgan fingerprint density at radius 1 is 1.11 bits per heavy atom. The lowest BCUT2D eigenvalue weighted by Gasteiger charge is -2.33. The van der Waals surface area contributed by atoms with Gasteiger partial charge in [0.25, 0.3) is 5.91 Å². The molecule has 1 aromatic carbocycles. The lowest BCUT2D eigenvalue weighted by atomic mass is 10.0. The van der Waals surface area contributed by atoms with E-state index in [1.165, 1.54) is 0 Å². The van der Waals surface area contributed by atoms with E-state index in [1.807, 2.05) is 35.0 Å². The second kappa shape index (κ2) is 7.18. The smallest absolute Gasteiger partial charge is 0.257 e. The van der Waals surface area contributed by atoms with Crippen LogP contribution in [-0.2, 0) is 11.8 Å². The lowest BCUT2D eigenvalue weighted by Crippen LogP contribution is -2.47. The molecule has 3 heterocycles. The molecule has 0 saturated carbocycles. The third-order valence-corrected chi connectivity index (χ3v) is 5.93. The average Bonchev–Trinajstić information content (AvgIpc) is 3.20. The fourth-order valence-electron chi connectivity index (χ4n) is 4.72. The van der Waals surface area contributed by atoms with Crippen molar-refractivity contribution in [1.29, 1.82) is 0 Å². The first-order valence-electron chi connectivity index (χ1n) is 9.69. The zero-order valence-corrected chi connectivity index (χ0v) is 15.9. The lowest BCUT2D eigenvalue weighted by molar-refractivity contribution is -0.131. The molecule has 0 unspecified atom stereocenters. The Kier molecular flexibility index (Phi) is 4.72. The van der Waals surface area contributed by atoms with Crippen LogP contribution < -0.4 is 0 Å². The normalized spacial score (nSPS) is 25.2. The van der Waals surface area contributed by atoms with Crippen molar-refractivity contribution in [3.05, 3.63) is 53.9 Å². The molecular weight excluding hydrogens is 340 g/mol. The summed E-state index contributed by atoms with van der Waals surface area (Å²) in [5.74, 6) is 0.115. The molecule has 0 N–H and O–H groups in total. The summed E-state index contributed by atoms with van der Waals surface area (Å²) in [4.78, 5) is 29.8. The molecule has 27 heavy (non-hydrogen) atoms. The fourth-order valence-corrected chi connectivity index (χ4v) is 4.72. The Bertz CT molecular complexity index is 832. The molecule has 0 spiro atoms. The number of carbonyl (C=O) groups excluding carboxylic acids is 2. The number of benzene rings is 1. The van der Waals surface area contributed by atoms with Gasteiger partial charge >= 0.3 is 0 Å². The average molecular weight is 366 g/mol. The van der Waals surface area contributed by atoms with E-state index in [-0.39, 0.29) is 29.9 Å². The highest BCUT2D eigenvalue weighted by atomic mass is 16.2. The van der Waals surface area contributed by atoms with Crippen LogP contribution in [-0.4, -0.2) is 50.0 Å². The van der Waals surface area contributed by atoms with E-state index in [0.717, 1.165) is 37.8 Å². The molecule has 2 fully saturated rings. The summed E-state index contributed by atoms with van der Waals surface area (Å²) < 4.78 is 1.66. The molecule has 3 atom stereocenters. The van der Waals surface area contributed by atoms with Crippen molar-refractivity contribution in [2.45, 2.75) is 50.7 Å². The highest BCUT2D eigenvalue weighted by Gasteiger charge is 2.48. The molecule has 6 heteroatoms. The van der Waals surface area contributed by atoms with Crippen molar-refractivity contribution in [3.8, 4) is 0 Å². The molecule has 2 aliphatic rings. The van der Waals surface area contributed by atoms with Crippen LogP contribution >= 0.6 is 0 Å². The number of hydrogen-bond acceptors (Lipinski definition) is 3. The SMILES string of the molecule is CC(=O)N1CCCC[C@H]2[C@H]1C[C@@H](c1ccccc1)N2C(=O)c1cnn(C)c1. The van der Waals surface area contributed by atoms with Gasteiger partial charge in [-0.15, -0.1) is 0 Å². The van der Waals surface area contributed by atoms with E-state index in [0.29, 0.717) is 5.56 Å². The molecule has 6 nitrogen and oxygen atoms in total. The predicted octanol–water partition coefficient (Wildman–Crippen LogP) is 2.78. The first-order chi connectivity index (χ1) is 13.1. The van der Waals surface area contributed by atoms with Crippen LogP contribution in [0.25, 0.3) is 0 Å². The summed E-state index contributed by atoms with van der Waals surface area (Å²) in [7, 11) is 1.82. The van der Waals surface area contributed by atoms with Crippen LogP contribution in [0.4, 0.5) is 0 Å². The summed E-state index contributed by atoms with van der Waals surface area (Å²) in [6.07, 6.45) is 7.17. The molecule has 2 aromatic rings.